The first-order valence-electron chi connectivity index (χ1n) is 4.81. The smallest absolute Gasteiger partial charge is 0.176 e. The first kappa shape index (κ1) is 6.17. The number of methoxy groups -OCH3 is 2. The summed E-state index contributed by atoms with van der Waals surface area (Å²) in [5.41, 5.74) is 0. The van der Waals surface area contributed by atoms with Gasteiger partial charge in [-0.25, -0.2) is 0 Å². The van der Waals surface area contributed by atoms with Crippen LogP contribution in [0, 0.1) is 0 Å². The van der Waals surface area contributed by atoms with Gasteiger partial charge in [0.15, 0.2) is 6.29 Å². The standard InChI is InChI=1S/C8H16O3/c1-4-7(9)5-6-8(10-2)11-3/h5-9H,4H2,1-3H3/b6-5+/i1D3. The van der Waals surface area contributed by atoms with Crippen LogP contribution in [0.25, 0.3) is 0 Å². The van der Waals surface area contributed by atoms with E-state index in [4.69, 9.17) is 13.6 Å². The number of ether oxygens (including phenoxy) is 2. The molecule has 3 heteroatoms. The van der Waals surface area contributed by atoms with Gasteiger partial charge in [-0.15, -0.1) is 0 Å². The second-order valence-electron chi connectivity index (χ2n) is 2.00. The Morgan fingerprint density at radius 3 is 2.55 bits per heavy atom. The minimum Gasteiger partial charge on any atom is -0.389 e. The third-order valence-corrected chi connectivity index (χ3v) is 1.16. The predicted molar refractivity (Wildman–Crippen MR) is 43.2 cm³/mol. The Morgan fingerprint density at radius 2 is 2.09 bits per heavy atom. The van der Waals surface area contributed by atoms with Crippen molar-refractivity contribution in [3.05, 3.63) is 12.2 Å². The Morgan fingerprint density at radius 1 is 1.45 bits per heavy atom. The molecule has 0 aliphatic carbocycles. The van der Waals surface area contributed by atoms with E-state index in [2.05, 4.69) is 0 Å². The number of rotatable bonds is 5. The average molecular weight is 163 g/mol. The second kappa shape index (κ2) is 6.34. The molecule has 0 bridgehead atoms. The Bertz CT molecular complexity index is 175. The van der Waals surface area contributed by atoms with Gasteiger partial charge < -0.3 is 14.6 Å². The highest BCUT2D eigenvalue weighted by Crippen LogP contribution is 1.97. The van der Waals surface area contributed by atoms with Gasteiger partial charge in [-0.2, -0.15) is 0 Å². The SMILES string of the molecule is [2H]C([2H])([2H])CC(O)/C=C/C(OC)OC. The van der Waals surface area contributed by atoms with E-state index in [1.54, 1.807) is 0 Å². The zero-order chi connectivity index (χ0) is 11.2. The van der Waals surface area contributed by atoms with Crippen molar-refractivity contribution < 1.29 is 18.7 Å². The van der Waals surface area contributed by atoms with Crippen molar-refractivity contribution in [1.29, 1.82) is 0 Å². The van der Waals surface area contributed by atoms with Crippen molar-refractivity contribution in [2.24, 2.45) is 0 Å². The number of aliphatic hydroxyl groups is 1. The molecule has 0 amide bonds. The summed E-state index contributed by atoms with van der Waals surface area (Å²) in [5.74, 6) is 0. The van der Waals surface area contributed by atoms with Crippen molar-refractivity contribution in [3.63, 3.8) is 0 Å². The van der Waals surface area contributed by atoms with Gasteiger partial charge >= 0.3 is 0 Å². The lowest BCUT2D eigenvalue weighted by molar-refractivity contribution is -0.0671. The Kier molecular flexibility index (Phi) is 3.56. The highest BCUT2D eigenvalue weighted by Gasteiger charge is 1.99. The molecule has 0 aromatic carbocycles. The summed E-state index contributed by atoms with van der Waals surface area (Å²) in [6.07, 6.45) is 0.987. The van der Waals surface area contributed by atoms with Crippen molar-refractivity contribution >= 4 is 0 Å². The predicted octanol–water partition coefficient (Wildman–Crippen LogP) is 0.932. The van der Waals surface area contributed by atoms with E-state index in [1.165, 1.54) is 26.4 Å². The van der Waals surface area contributed by atoms with Gasteiger partial charge in [-0.05, 0) is 12.5 Å². The fraction of sp³-hybridized carbons (Fsp3) is 0.750. The molecule has 0 rings (SSSR count). The van der Waals surface area contributed by atoms with Gasteiger partial charge in [0.05, 0.1) is 6.10 Å². The molecule has 1 unspecified atom stereocenters. The molecule has 0 fully saturated rings. The van der Waals surface area contributed by atoms with E-state index in [9.17, 15) is 5.11 Å². The Hall–Kier alpha value is -0.380. The second-order valence-corrected chi connectivity index (χ2v) is 2.00. The number of aliphatic hydroxyl groups excluding tert-OH is 1. The lowest BCUT2D eigenvalue weighted by Gasteiger charge is -2.08. The normalized spacial score (nSPS) is 19.8. The summed E-state index contributed by atoms with van der Waals surface area (Å²) < 4.78 is 30.4. The zero-order valence-corrected chi connectivity index (χ0v) is 6.78. The molecule has 11 heavy (non-hydrogen) atoms. The van der Waals surface area contributed by atoms with E-state index in [-0.39, 0.29) is 6.42 Å². The lowest BCUT2D eigenvalue weighted by Crippen LogP contribution is -2.10. The van der Waals surface area contributed by atoms with E-state index in [0.29, 0.717) is 0 Å². The van der Waals surface area contributed by atoms with Gasteiger partial charge in [-0.3, -0.25) is 0 Å². The van der Waals surface area contributed by atoms with Crippen LogP contribution in [-0.2, 0) is 9.47 Å². The molecular weight excluding hydrogens is 144 g/mol. The molecule has 1 N–H and O–H groups in total. The van der Waals surface area contributed by atoms with Crippen LogP contribution in [0.5, 0.6) is 0 Å². The third kappa shape index (κ3) is 4.95. The maximum absolute atomic E-state index is 9.27. The summed E-state index contributed by atoms with van der Waals surface area (Å²) in [5, 5.41) is 9.27. The molecule has 0 aliphatic rings. The summed E-state index contributed by atoms with van der Waals surface area (Å²) >= 11 is 0. The third-order valence-electron chi connectivity index (χ3n) is 1.16. The number of hydrogen-bond acceptors (Lipinski definition) is 3. The van der Waals surface area contributed by atoms with E-state index >= 15 is 0 Å². The maximum atomic E-state index is 9.27. The van der Waals surface area contributed by atoms with E-state index in [0.717, 1.165) is 0 Å². The Labute approximate surface area is 71.8 Å². The monoisotopic (exact) mass is 163 g/mol. The van der Waals surface area contributed by atoms with Crippen LogP contribution < -0.4 is 0 Å². The summed E-state index contributed by atoms with van der Waals surface area (Å²) in [6.45, 7) is -2.13. The van der Waals surface area contributed by atoms with Crippen LogP contribution in [0.3, 0.4) is 0 Å². The molecular formula is C8H16O3. The van der Waals surface area contributed by atoms with Crippen LogP contribution in [-0.4, -0.2) is 31.7 Å². The lowest BCUT2D eigenvalue weighted by atomic mass is 10.2. The summed E-state index contributed by atoms with van der Waals surface area (Å²) in [6, 6.07) is 0. The van der Waals surface area contributed by atoms with Crippen LogP contribution >= 0.6 is 0 Å². The molecule has 0 heterocycles. The first-order valence-corrected chi connectivity index (χ1v) is 3.31. The molecule has 0 radical (unpaired) electrons. The van der Waals surface area contributed by atoms with Gasteiger partial charge in [0.1, 0.15) is 0 Å². The fourth-order valence-corrected chi connectivity index (χ4v) is 0.540. The average Bonchev–Trinajstić information content (AvgIpc) is 2.03. The van der Waals surface area contributed by atoms with Gasteiger partial charge in [0.2, 0.25) is 0 Å². The highest BCUT2D eigenvalue weighted by molar-refractivity contribution is 4.90. The van der Waals surface area contributed by atoms with Crippen LogP contribution in [0.1, 0.15) is 17.4 Å². The van der Waals surface area contributed by atoms with Crippen molar-refractivity contribution in [2.45, 2.75) is 25.7 Å². The largest absolute Gasteiger partial charge is 0.389 e. The van der Waals surface area contributed by atoms with Gasteiger partial charge in [0, 0.05) is 18.3 Å². The van der Waals surface area contributed by atoms with Gasteiger partial charge in [-0.1, -0.05) is 12.9 Å². The topological polar surface area (TPSA) is 38.7 Å². The minimum atomic E-state index is -2.13. The van der Waals surface area contributed by atoms with Gasteiger partial charge in [0.25, 0.3) is 0 Å². The molecule has 0 saturated carbocycles. The molecule has 0 aromatic heterocycles. The highest BCUT2D eigenvalue weighted by atomic mass is 16.7. The van der Waals surface area contributed by atoms with Crippen LogP contribution in [0.4, 0.5) is 0 Å². The zero-order valence-electron chi connectivity index (χ0n) is 9.78. The quantitative estimate of drug-likeness (QED) is 0.484. The molecule has 3 nitrogen and oxygen atoms in total. The molecule has 66 valence electrons. The van der Waals surface area contributed by atoms with Crippen LogP contribution in [0.2, 0.25) is 0 Å². The maximum Gasteiger partial charge on any atom is 0.176 e. The van der Waals surface area contributed by atoms with E-state index in [1.807, 2.05) is 0 Å². The first-order chi connectivity index (χ1) is 6.39. The molecule has 0 aliphatic heterocycles. The van der Waals surface area contributed by atoms with E-state index < -0.39 is 19.2 Å². The van der Waals surface area contributed by atoms with Crippen molar-refractivity contribution in [2.75, 3.05) is 14.2 Å². The van der Waals surface area contributed by atoms with Crippen molar-refractivity contribution in [3.8, 4) is 0 Å². The molecule has 0 spiro atoms. The summed E-state index contributed by atoms with van der Waals surface area (Å²) in [7, 11) is 2.91. The molecule has 1 atom stereocenters. The number of hydrogen-bond donors (Lipinski definition) is 1. The molecule has 0 aromatic rings. The fourth-order valence-electron chi connectivity index (χ4n) is 0.540. The minimum absolute atomic E-state index is 0.274. The molecule has 0 saturated heterocycles. The van der Waals surface area contributed by atoms with Crippen molar-refractivity contribution in [1.82, 2.24) is 0 Å². The summed E-state index contributed by atoms with van der Waals surface area (Å²) in [4.78, 5) is 0. The Balaban J connectivity index is 3.98. The van der Waals surface area contributed by atoms with Crippen LogP contribution in [0.15, 0.2) is 12.2 Å².